The van der Waals surface area contributed by atoms with Crippen LogP contribution in [-0.2, 0) is 41.6 Å². The first-order chi connectivity index (χ1) is 17.6. The quantitative estimate of drug-likeness (QED) is 0.134. The molecule has 37 heavy (non-hydrogen) atoms. The number of nitrogens with zero attached hydrogens (tertiary/aromatic N) is 3. The molecule has 0 amide bonds. The number of aromatic nitrogens is 2. The van der Waals surface area contributed by atoms with Gasteiger partial charge in [-0.2, -0.15) is 0 Å². The summed E-state index contributed by atoms with van der Waals surface area (Å²) in [6.07, 6.45) is 5.56. The average Bonchev–Trinajstić information content (AvgIpc) is 3.20. The third-order valence-corrected chi connectivity index (χ3v) is 12.7. The van der Waals surface area contributed by atoms with E-state index in [4.69, 9.17) is 19.5 Å². The third-order valence-electron chi connectivity index (χ3n) is 6.38. The van der Waals surface area contributed by atoms with Crippen LogP contribution in [0.5, 0.6) is 5.75 Å². The number of ether oxygens (including phenoxy) is 1. The molecule has 1 aromatic carbocycles. The predicted molar refractivity (Wildman–Crippen MR) is 173 cm³/mol. The van der Waals surface area contributed by atoms with Crippen LogP contribution < -0.4 is 9.46 Å². The molecular weight excluding hydrogens is 732 g/mol. The molecule has 2 heterocycles. The maximum absolute atomic E-state index is 13.1. The Morgan fingerprint density at radius 3 is 2.76 bits per heavy atom. The van der Waals surface area contributed by atoms with Gasteiger partial charge in [-0.25, -0.2) is 0 Å². The molecule has 0 radical (unpaired) electrons. The van der Waals surface area contributed by atoms with E-state index >= 15 is 0 Å². The molecule has 11 heteroatoms. The first-order valence-electron chi connectivity index (χ1n) is 12.4. The summed E-state index contributed by atoms with van der Waals surface area (Å²) in [5.41, 5.74) is 3.61. The summed E-state index contributed by atoms with van der Waals surface area (Å²) in [6.45, 7) is 2.07. The van der Waals surface area contributed by atoms with Crippen molar-refractivity contribution in [3.63, 3.8) is 0 Å². The molecule has 0 saturated carbocycles. The normalized spacial score (nSPS) is 15.6. The fourth-order valence-electron chi connectivity index (χ4n) is 4.70. The number of fused-ring (bicyclic) bond motifs is 3. The first kappa shape index (κ1) is 29.4. The fraction of sp³-hybridized carbons (Fsp3) is 0.538. The van der Waals surface area contributed by atoms with E-state index in [-0.39, 0.29) is 5.75 Å². The Kier molecular flexibility index (Phi) is 10.4. The van der Waals surface area contributed by atoms with Crippen LogP contribution in [0.25, 0.3) is 10.2 Å². The Balaban J connectivity index is 1.58. The monoisotopic (exact) mass is 769 g/mol. The van der Waals surface area contributed by atoms with Gasteiger partial charge in [0.15, 0.2) is 0 Å². The molecular formula is C26H37I2N5O2S2. The summed E-state index contributed by atoms with van der Waals surface area (Å²) in [7, 11) is 0.816. The zero-order chi connectivity index (χ0) is 26.6. The zero-order valence-electron chi connectivity index (χ0n) is 22.0. The molecule has 4 rings (SSSR count). The Bertz CT molecular complexity index is 1340. The van der Waals surface area contributed by atoms with Crippen molar-refractivity contribution >= 4 is 73.9 Å². The summed E-state index contributed by atoms with van der Waals surface area (Å²) in [6, 6.07) is 6.28. The standard InChI is InChI=1S/C26H37I2N5O2S2/c1-28(2)12-7-13-30-37(29,34)17-24-31-21(25-19-8-5-6-9-23(19)36-26(25)32-24)16-33(3)15-18-10-11-22(35-4)20(27)14-18/h10-11,14H,5-9,12-13,15-17H2,1-4H3,(H2,29,30,34). The molecule has 2 N–H and O–H groups in total. The van der Waals surface area contributed by atoms with Crippen LogP contribution in [0.1, 0.15) is 46.8 Å². The smallest absolute Gasteiger partial charge is 0.0488 e. The Hall–Kier alpha value is -0.610. The van der Waals surface area contributed by atoms with Crippen molar-refractivity contribution in [2.75, 3.05) is 35.0 Å². The summed E-state index contributed by atoms with van der Waals surface area (Å²) >= 11 is 3.27. The van der Waals surface area contributed by atoms with E-state index in [0.717, 1.165) is 45.7 Å². The van der Waals surface area contributed by atoms with Gasteiger partial charge in [0.05, 0.1) is 10.7 Å². The number of halogens is 2. The van der Waals surface area contributed by atoms with Gasteiger partial charge in [0, 0.05) is 0 Å². The predicted octanol–water partition coefficient (Wildman–Crippen LogP) is 6.02. The molecule has 0 fully saturated rings. The number of benzene rings is 1. The molecule has 0 saturated heterocycles. The molecule has 0 aliphatic heterocycles. The Labute approximate surface area is 246 Å². The minimum Gasteiger partial charge on any atom is -0.0488 e. The number of nitrogens with one attached hydrogen (secondary N) is 2. The minimum atomic E-state index is -2.99. The number of alkyl halides is 3. The van der Waals surface area contributed by atoms with Crippen LogP contribution in [0.2, 0.25) is 0 Å². The van der Waals surface area contributed by atoms with Crippen LogP contribution in [0.4, 0.5) is 0 Å². The van der Waals surface area contributed by atoms with Gasteiger partial charge >= 0.3 is 168 Å². The van der Waals surface area contributed by atoms with Crippen molar-refractivity contribution < 1.29 is 8.95 Å². The van der Waals surface area contributed by atoms with E-state index < -0.39 is 29.7 Å². The zero-order valence-corrected chi connectivity index (χ0v) is 28.0. The Morgan fingerprint density at radius 2 is 2.03 bits per heavy atom. The second-order valence-electron chi connectivity index (χ2n) is 9.79. The molecule has 7 nitrogen and oxygen atoms in total. The van der Waals surface area contributed by atoms with Crippen LogP contribution in [0.15, 0.2) is 18.2 Å². The van der Waals surface area contributed by atoms with Crippen molar-refractivity contribution in [2.24, 2.45) is 0 Å². The Morgan fingerprint density at radius 1 is 1.24 bits per heavy atom. The maximum atomic E-state index is 13.1. The molecule has 1 atom stereocenters. The molecule has 1 unspecified atom stereocenters. The molecule has 0 spiro atoms. The first-order valence-corrected chi connectivity index (χ1v) is 21.9. The number of thiophene rings is 1. The topological polar surface area (TPSA) is 91.2 Å². The van der Waals surface area contributed by atoms with Gasteiger partial charge in [-0.3, -0.25) is 0 Å². The van der Waals surface area contributed by atoms with Gasteiger partial charge in [-0.15, -0.1) is 0 Å². The second kappa shape index (κ2) is 13.2. The summed E-state index contributed by atoms with van der Waals surface area (Å²) in [5.74, 6) is 1.44. The van der Waals surface area contributed by atoms with Crippen molar-refractivity contribution in [1.82, 2.24) is 19.6 Å². The van der Waals surface area contributed by atoms with Crippen molar-refractivity contribution in [1.29, 1.82) is 4.78 Å². The van der Waals surface area contributed by atoms with Crippen LogP contribution in [0.3, 0.4) is 0 Å². The van der Waals surface area contributed by atoms with E-state index in [1.165, 1.54) is 38.7 Å². The van der Waals surface area contributed by atoms with E-state index in [1.807, 2.05) is 6.07 Å². The van der Waals surface area contributed by atoms with E-state index in [9.17, 15) is 4.21 Å². The second-order valence-corrected chi connectivity index (χ2v) is 20.2. The van der Waals surface area contributed by atoms with Gasteiger partial charge in [0.1, 0.15) is 5.75 Å². The van der Waals surface area contributed by atoms with Crippen molar-refractivity contribution in [3.8, 4) is 5.75 Å². The van der Waals surface area contributed by atoms with Gasteiger partial charge in [0.25, 0.3) is 0 Å². The van der Waals surface area contributed by atoms with Crippen LogP contribution in [0, 0.1) is 8.35 Å². The third kappa shape index (κ3) is 7.96. The van der Waals surface area contributed by atoms with Gasteiger partial charge < -0.3 is 4.74 Å². The summed E-state index contributed by atoms with van der Waals surface area (Å²) in [4.78, 5) is 19.1. The number of hydrogen-bond donors (Lipinski definition) is 2. The van der Waals surface area contributed by atoms with E-state index in [2.05, 4.69) is 61.3 Å². The van der Waals surface area contributed by atoms with Crippen molar-refractivity contribution in [2.45, 2.75) is 50.9 Å². The van der Waals surface area contributed by atoms with Crippen molar-refractivity contribution in [3.05, 3.63) is 49.3 Å². The van der Waals surface area contributed by atoms with Crippen LogP contribution in [-0.4, -0.2) is 54.1 Å². The molecule has 0 bridgehead atoms. The number of rotatable bonds is 12. The molecule has 1 aliphatic carbocycles. The van der Waals surface area contributed by atoms with E-state index in [0.29, 0.717) is 18.9 Å². The number of hydrogen-bond acceptors (Lipinski definition) is 7. The summed E-state index contributed by atoms with van der Waals surface area (Å²) in [5, 5.41) is 1.19. The number of aryl methyl sites for hydroxylation is 2. The molecule has 3 aromatic rings. The molecule has 204 valence electrons. The summed E-state index contributed by atoms with van der Waals surface area (Å²) < 4.78 is 32.2. The van der Waals surface area contributed by atoms with E-state index in [1.54, 1.807) is 18.4 Å². The van der Waals surface area contributed by atoms with Gasteiger partial charge in [0.2, 0.25) is 0 Å². The average molecular weight is 770 g/mol. The van der Waals surface area contributed by atoms with Crippen LogP contribution >= 0.6 is 53.7 Å². The fourth-order valence-corrected chi connectivity index (χ4v) is 9.77. The van der Waals surface area contributed by atoms with Gasteiger partial charge in [-0.1, -0.05) is 6.07 Å². The molecule has 1 aliphatic rings. The van der Waals surface area contributed by atoms with Gasteiger partial charge in [-0.05, 0) is 53.1 Å². The molecule has 2 aromatic heterocycles. The SMILES string of the molecule is COc1ccc(CN(C)Cc2nc(CS(=N)(=O)NCCCI(C)C)nc3sc4c(c23)CCCC4)cc1I. The number of methoxy groups -OCH3 is 1. The minimum absolute atomic E-state index is 0.0411.